The van der Waals surface area contributed by atoms with Crippen LogP contribution >= 0.6 is 0 Å². The van der Waals surface area contributed by atoms with Crippen LogP contribution in [0.4, 0.5) is 0 Å². The molecule has 1 amide bonds. The van der Waals surface area contributed by atoms with Crippen LogP contribution in [0.5, 0.6) is 5.75 Å². The van der Waals surface area contributed by atoms with Crippen LogP contribution in [0.2, 0.25) is 0 Å². The van der Waals surface area contributed by atoms with Gasteiger partial charge in [0.1, 0.15) is 11.6 Å². The third kappa shape index (κ3) is 3.99. The van der Waals surface area contributed by atoms with Gasteiger partial charge in [0, 0.05) is 12.1 Å². The Morgan fingerprint density at radius 1 is 1.00 bits per heavy atom. The number of ether oxygens (including phenoxy) is 1. The summed E-state index contributed by atoms with van der Waals surface area (Å²) in [5, 5.41) is 2.99. The topological polar surface area (TPSA) is 56.1 Å². The number of methoxy groups -OCH3 is 1. The molecule has 0 unspecified atom stereocenters. The summed E-state index contributed by atoms with van der Waals surface area (Å²) in [6.45, 7) is 3.17. The van der Waals surface area contributed by atoms with Gasteiger partial charge in [0.05, 0.1) is 24.7 Å². The number of hydrogen-bond donors (Lipinski definition) is 1. The number of fused-ring (bicyclic) bond motifs is 1. The van der Waals surface area contributed by atoms with Gasteiger partial charge in [-0.15, -0.1) is 0 Å². The van der Waals surface area contributed by atoms with E-state index in [1.165, 1.54) is 11.1 Å². The molecule has 0 aliphatic carbocycles. The quantitative estimate of drug-likeness (QED) is 0.537. The molecule has 0 spiro atoms. The van der Waals surface area contributed by atoms with Gasteiger partial charge < -0.3 is 14.6 Å². The number of aromatic nitrogens is 2. The summed E-state index contributed by atoms with van der Waals surface area (Å²) in [5.41, 5.74) is 5.04. The zero-order valence-electron chi connectivity index (χ0n) is 16.6. The zero-order chi connectivity index (χ0) is 20.2. The molecule has 4 rings (SSSR count). The average Bonchev–Trinajstić information content (AvgIpc) is 3.11. The van der Waals surface area contributed by atoms with E-state index in [1.54, 1.807) is 31.4 Å². The van der Waals surface area contributed by atoms with Gasteiger partial charge in [-0.05, 0) is 54.4 Å². The number of nitrogens with zero attached hydrogens (tertiary/aromatic N) is 2. The largest absolute Gasteiger partial charge is 0.497 e. The molecule has 0 saturated heterocycles. The van der Waals surface area contributed by atoms with Crippen molar-refractivity contribution in [3.8, 4) is 5.75 Å². The van der Waals surface area contributed by atoms with E-state index in [2.05, 4.69) is 35.0 Å². The molecule has 1 N–H and O–H groups in total. The fourth-order valence-electron chi connectivity index (χ4n) is 3.40. The van der Waals surface area contributed by atoms with Crippen molar-refractivity contribution < 1.29 is 9.53 Å². The SMILES string of the molecule is COc1ccc(C(=O)NCc2nc3ccccc3n2Cc2ccccc2C)cc1. The third-order valence-electron chi connectivity index (χ3n) is 5.08. The van der Waals surface area contributed by atoms with Crippen LogP contribution in [0, 0.1) is 6.92 Å². The fourth-order valence-corrected chi connectivity index (χ4v) is 3.40. The van der Waals surface area contributed by atoms with E-state index in [0.29, 0.717) is 18.7 Å². The van der Waals surface area contributed by atoms with E-state index >= 15 is 0 Å². The summed E-state index contributed by atoms with van der Waals surface area (Å²) < 4.78 is 7.32. The van der Waals surface area contributed by atoms with Crippen LogP contribution in [-0.4, -0.2) is 22.6 Å². The number of hydrogen-bond acceptors (Lipinski definition) is 3. The number of para-hydroxylation sites is 2. The van der Waals surface area contributed by atoms with Gasteiger partial charge in [-0.1, -0.05) is 36.4 Å². The lowest BCUT2D eigenvalue weighted by molar-refractivity contribution is 0.0949. The van der Waals surface area contributed by atoms with E-state index in [-0.39, 0.29) is 5.91 Å². The molecule has 1 aromatic heterocycles. The maximum atomic E-state index is 12.6. The van der Waals surface area contributed by atoms with Crippen molar-refractivity contribution >= 4 is 16.9 Å². The van der Waals surface area contributed by atoms with Crippen LogP contribution < -0.4 is 10.1 Å². The van der Waals surface area contributed by atoms with Crippen molar-refractivity contribution in [2.45, 2.75) is 20.0 Å². The summed E-state index contributed by atoms with van der Waals surface area (Å²) in [4.78, 5) is 17.3. The predicted molar refractivity (Wildman–Crippen MR) is 114 cm³/mol. The number of carbonyl (C=O) groups is 1. The molecule has 29 heavy (non-hydrogen) atoms. The van der Waals surface area contributed by atoms with Gasteiger partial charge in [0.25, 0.3) is 5.91 Å². The highest BCUT2D eigenvalue weighted by Gasteiger charge is 2.13. The van der Waals surface area contributed by atoms with Crippen molar-refractivity contribution in [1.82, 2.24) is 14.9 Å². The Hall–Kier alpha value is -3.60. The highest BCUT2D eigenvalue weighted by molar-refractivity contribution is 5.94. The lowest BCUT2D eigenvalue weighted by Gasteiger charge is -2.12. The van der Waals surface area contributed by atoms with Crippen LogP contribution in [-0.2, 0) is 13.1 Å². The van der Waals surface area contributed by atoms with E-state index in [4.69, 9.17) is 9.72 Å². The van der Waals surface area contributed by atoms with Gasteiger partial charge in [0.15, 0.2) is 0 Å². The van der Waals surface area contributed by atoms with Crippen LogP contribution in [0.15, 0.2) is 72.8 Å². The fraction of sp³-hybridized carbons (Fsp3) is 0.167. The molecule has 0 aliphatic rings. The Morgan fingerprint density at radius 2 is 1.72 bits per heavy atom. The van der Waals surface area contributed by atoms with Crippen molar-refractivity contribution in [3.05, 3.63) is 95.3 Å². The molecule has 0 radical (unpaired) electrons. The second kappa shape index (κ2) is 8.19. The Morgan fingerprint density at radius 3 is 2.48 bits per heavy atom. The van der Waals surface area contributed by atoms with Crippen LogP contribution in [0.1, 0.15) is 27.3 Å². The molecule has 5 heteroatoms. The maximum Gasteiger partial charge on any atom is 0.251 e. The number of imidazole rings is 1. The molecule has 146 valence electrons. The standard InChI is InChI=1S/C24H23N3O2/c1-17-7-3-4-8-19(17)16-27-22-10-6-5-9-21(22)26-23(27)15-25-24(28)18-11-13-20(29-2)14-12-18/h3-14H,15-16H2,1-2H3,(H,25,28). The first kappa shape index (κ1) is 18.7. The highest BCUT2D eigenvalue weighted by Crippen LogP contribution is 2.19. The normalized spacial score (nSPS) is 10.8. The van der Waals surface area contributed by atoms with Crippen molar-refractivity contribution in [3.63, 3.8) is 0 Å². The third-order valence-corrected chi connectivity index (χ3v) is 5.08. The molecule has 0 aliphatic heterocycles. The minimum atomic E-state index is -0.137. The lowest BCUT2D eigenvalue weighted by atomic mass is 10.1. The summed E-state index contributed by atoms with van der Waals surface area (Å²) in [5.74, 6) is 1.42. The number of rotatable bonds is 6. The number of nitrogens with one attached hydrogen (secondary N) is 1. The zero-order valence-corrected chi connectivity index (χ0v) is 16.6. The summed E-state index contributed by atoms with van der Waals surface area (Å²) in [6.07, 6.45) is 0. The Labute approximate surface area is 170 Å². The molecular formula is C24H23N3O2. The average molecular weight is 385 g/mol. The summed E-state index contributed by atoms with van der Waals surface area (Å²) in [6, 6.07) is 23.5. The maximum absolute atomic E-state index is 12.6. The van der Waals surface area contributed by atoms with E-state index in [9.17, 15) is 4.79 Å². The molecular weight excluding hydrogens is 362 g/mol. The predicted octanol–water partition coefficient (Wildman–Crippen LogP) is 4.33. The summed E-state index contributed by atoms with van der Waals surface area (Å²) >= 11 is 0. The monoisotopic (exact) mass is 385 g/mol. The highest BCUT2D eigenvalue weighted by atomic mass is 16.5. The van der Waals surface area contributed by atoms with E-state index in [0.717, 1.165) is 22.6 Å². The van der Waals surface area contributed by atoms with Crippen molar-refractivity contribution in [1.29, 1.82) is 0 Å². The summed E-state index contributed by atoms with van der Waals surface area (Å²) in [7, 11) is 1.61. The molecule has 4 aromatic rings. The molecule has 3 aromatic carbocycles. The molecule has 1 heterocycles. The molecule has 0 saturated carbocycles. The van der Waals surface area contributed by atoms with Crippen molar-refractivity contribution in [2.24, 2.45) is 0 Å². The number of aryl methyl sites for hydroxylation is 1. The van der Waals surface area contributed by atoms with Crippen LogP contribution in [0.3, 0.4) is 0 Å². The molecule has 0 fully saturated rings. The first-order valence-corrected chi connectivity index (χ1v) is 9.56. The number of carbonyl (C=O) groups excluding carboxylic acids is 1. The smallest absolute Gasteiger partial charge is 0.251 e. The molecule has 0 bridgehead atoms. The molecule has 5 nitrogen and oxygen atoms in total. The lowest BCUT2D eigenvalue weighted by Crippen LogP contribution is -2.25. The van der Waals surface area contributed by atoms with Gasteiger partial charge in [-0.25, -0.2) is 4.98 Å². The number of amides is 1. The number of benzene rings is 3. The molecule has 0 atom stereocenters. The van der Waals surface area contributed by atoms with Crippen LogP contribution in [0.25, 0.3) is 11.0 Å². The van der Waals surface area contributed by atoms with Gasteiger partial charge >= 0.3 is 0 Å². The minimum absolute atomic E-state index is 0.137. The van der Waals surface area contributed by atoms with E-state index < -0.39 is 0 Å². The van der Waals surface area contributed by atoms with Gasteiger partial charge in [0.2, 0.25) is 0 Å². The minimum Gasteiger partial charge on any atom is -0.497 e. The first-order chi connectivity index (χ1) is 14.2. The second-order valence-electron chi connectivity index (χ2n) is 6.94. The van der Waals surface area contributed by atoms with Gasteiger partial charge in [-0.2, -0.15) is 0 Å². The Bertz CT molecular complexity index is 1150. The Kier molecular flexibility index (Phi) is 5.29. The second-order valence-corrected chi connectivity index (χ2v) is 6.94. The Balaban J connectivity index is 1.59. The van der Waals surface area contributed by atoms with Gasteiger partial charge in [-0.3, -0.25) is 4.79 Å². The van der Waals surface area contributed by atoms with Crippen molar-refractivity contribution in [2.75, 3.05) is 7.11 Å². The van der Waals surface area contributed by atoms with E-state index in [1.807, 2.05) is 30.3 Å². The first-order valence-electron chi connectivity index (χ1n) is 9.56.